The Morgan fingerprint density at radius 2 is 0.944 bits per heavy atom. The molecular formula is C16H32N2. The average Bonchev–Trinajstić information content (AvgIpc) is 2.46. The predicted molar refractivity (Wildman–Crippen MR) is 78.8 cm³/mol. The van der Waals surface area contributed by atoms with E-state index in [4.69, 9.17) is 0 Å². The Bertz CT molecular complexity index is 193. The second kappa shape index (κ2) is 7.49. The number of rotatable bonds is 5. The lowest BCUT2D eigenvalue weighted by Crippen LogP contribution is -2.54. The molecule has 2 N–H and O–H groups in total. The summed E-state index contributed by atoms with van der Waals surface area (Å²) in [7, 11) is 4.35. The third-order valence-electron chi connectivity index (χ3n) is 5.37. The van der Waals surface area contributed by atoms with Crippen LogP contribution in [0, 0.1) is 11.8 Å². The van der Waals surface area contributed by atoms with Crippen molar-refractivity contribution in [1.82, 2.24) is 10.6 Å². The Hall–Kier alpha value is -0.0800. The number of hydrogen-bond acceptors (Lipinski definition) is 2. The van der Waals surface area contributed by atoms with Crippen molar-refractivity contribution in [2.45, 2.75) is 76.3 Å². The van der Waals surface area contributed by atoms with Gasteiger partial charge in [-0.15, -0.1) is 0 Å². The van der Waals surface area contributed by atoms with Gasteiger partial charge in [-0.25, -0.2) is 0 Å². The number of likely N-dealkylation sites (N-methyl/N-ethyl adjacent to an activating group) is 2. The summed E-state index contributed by atoms with van der Waals surface area (Å²) >= 11 is 0. The zero-order chi connectivity index (χ0) is 12.8. The van der Waals surface area contributed by atoms with Gasteiger partial charge in [0, 0.05) is 12.1 Å². The summed E-state index contributed by atoms with van der Waals surface area (Å²) < 4.78 is 0. The normalized spacial score (nSPS) is 27.0. The maximum Gasteiger partial charge on any atom is 0.0248 e. The van der Waals surface area contributed by atoms with Crippen molar-refractivity contribution in [2.75, 3.05) is 14.1 Å². The summed E-state index contributed by atoms with van der Waals surface area (Å²) in [4.78, 5) is 0. The van der Waals surface area contributed by atoms with Crippen LogP contribution < -0.4 is 10.6 Å². The highest BCUT2D eigenvalue weighted by molar-refractivity contribution is 4.92. The van der Waals surface area contributed by atoms with Crippen molar-refractivity contribution in [1.29, 1.82) is 0 Å². The van der Waals surface area contributed by atoms with E-state index in [-0.39, 0.29) is 0 Å². The maximum absolute atomic E-state index is 3.66. The van der Waals surface area contributed by atoms with Crippen LogP contribution in [0.2, 0.25) is 0 Å². The van der Waals surface area contributed by atoms with Crippen LogP contribution in [-0.4, -0.2) is 26.2 Å². The highest BCUT2D eigenvalue weighted by Crippen LogP contribution is 2.33. The maximum atomic E-state index is 3.66. The van der Waals surface area contributed by atoms with Crippen molar-refractivity contribution in [3.63, 3.8) is 0 Å². The molecule has 0 spiro atoms. The molecule has 0 aromatic heterocycles. The molecule has 2 nitrogen and oxygen atoms in total. The van der Waals surface area contributed by atoms with E-state index >= 15 is 0 Å². The molecular weight excluding hydrogens is 220 g/mol. The van der Waals surface area contributed by atoms with E-state index in [1.165, 1.54) is 64.2 Å². The molecule has 0 bridgehead atoms. The molecule has 2 heteroatoms. The molecule has 18 heavy (non-hydrogen) atoms. The van der Waals surface area contributed by atoms with Gasteiger partial charge in [0.1, 0.15) is 0 Å². The Balaban J connectivity index is 1.97. The monoisotopic (exact) mass is 252 g/mol. The Labute approximate surface area is 113 Å². The quantitative estimate of drug-likeness (QED) is 0.784. The minimum absolute atomic E-state index is 0.693. The molecule has 2 rings (SSSR count). The van der Waals surface area contributed by atoms with Gasteiger partial charge in [0.05, 0.1) is 0 Å². The van der Waals surface area contributed by atoms with Crippen LogP contribution in [0.1, 0.15) is 64.2 Å². The Morgan fingerprint density at radius 1 is 0.611 bits per heavy atom. The summed E-state index contributed by atoms with van der Waals surface area (Å²) in [6.45, 7) is 0. The molecule has 2 fully saturated rings. The van der Waals surface area contributed by atoms with Crippen LogP contribution >= 0.6 is 0 Å². The standard InChI is InChI=1S/C16H32N2/c1-17-15(13-9-5-3-6-10-13)16(18-2)14-11-7-4-8-12-14/h13-18H,3-12H2,1-2H3/t15-,16+. The molecule has 0 saturated heterocycles. The summed E-state index contributed by atoms with van der Waals surface area (Å²) in [5.41, 5.74) is 0. The first kappa shape index (κ1) is 14.3. The molecule has 0 aliphatic heterocycles. The van der Waals surface area contributed by atoms with E-state index in [2.05, 4.69) is 24.7 Å². The van der Waals surface area contributed by atoms with E-state index in [1.807, 2.05) is 0 Å². The predicted octanol–water partition coefficient (Wildman–Crippen LogP) is 3.32. The van der Waals surface area contributed by atoms with Crippen LogP contribution in [0.4, 0.5) is 0 Å². The smallest absolute Gasteiger partial charge is 0.0248 e. The zero-order valence-electron chi connectivity index (χ0n) is 12.4. The summed E-state index contributed by atoms with van der Waals surface area (Å²) in [6, 6.07) is 1.39. The van der Waals surface area contributed by atoms with Gasteiger partial charge in [0.2, 0.25) is 0 Å². The third kappa shape index (κ3) is 3.48. The molecule has 0 unspecified atom stereocenters. The largest absolute Gasteiger partial charge is 0.315 e. The van der Waals surface area contributed by atoms with Gasteiger partial charge in [-0.3, -0.25) is 0 Å². The molecule has 2 atom stereocenters. The van der Waals surface area contributed by atoms with Crippen molar-refractivity contribution >= 4 is 0 Å². The van der Waals surface area contributed by atoms with E-state index in [1.54, 1.807) is 0 Å². The Kier molecular flexibility index (Phi) is 5.97. The molecule has 2 saturated carbocycles. The fourth-order valence-electron chi connectivity index (χ4n) is 4.40. The van der Waals surface area contributed by atoms with Crippen LogP contribution in [-0.2, 0) is 0 Å². The van der Waals surface area contributed by atoms with Gasteiger partial charge in [-0.05, 0) is 51.6 Å². The molecule has 2 aliphatic rings. The van der Waals surface area contributed by atoms with Gasteiger partial charge in [0.15, 0.2) is 0 Å². The average molecular weight is 252 g/mol. The summed E-state index contributed by atoms with van der Waals surface area (Å²) in [6.07, 6.45) is 14.5. The van der Waals surface area contributed by atoms with Gasteiger partial charge < -0.3 is 10.6 Å². The van der Waals surface area contributed by atoms with Gasteiger partial charge in [-0.1, -0.05) is 38.5 Å². The lowest BCUT2D eigenvalue weighted by molar-refractivity contribution is 0.170. The van der Waals surface area contributed by atoms with Crippen molar-refractivity contribution in [3.05, 3.63) is 0 Å². The zero-order valence-corrected chi connectivity index (χ0v) is 12.4. The van der Waals surface area contributed by atoms with Crippen molar-refractivity contribution in [2.24, 2.45) is 11.8 Å². The molecule has 0 heterocycles. The molecule has 106 valence electrons. The summed E-state index contributed by atoms with van der Waals surface area (Å²) in [5.74, 6) is 1.81. The SMILES string of the molecule is CN[C@H](C1CCCCC1)[C@@H](NC)C1CCCCC1. The topological polar surface area (TPSA) is 24.1 Å². The van der Waals surface area contributed by atoms with E-state index in [0.717, 1.165) is 11.8 Å². The van der Waals surface area contributed by atoms with Crippen LogP contribution in [0.15, 0.2) is 0 Å². The first-order valence-electron chi connectivity index (χ1n) is 8.21. The van der Waals surface area contributed by atoms with E-state index in [9.17, 15) is 0 Å². The highest BCUT2D eigenvalue weighted by Gasteiger charge is 2.33. The highest BCUT2D eigenvalue weighted by atomic mass is 15.0. The van der Waals surface area contributed by atoms with Gasteiger partial charge in [0.25, 0.3) is 0 Å². The van der Waals surface area contributed by atoms with Crippen LogP contribution in [0.5, 0.6) is 0 Å². The second-order valence-electron chi connectivity index (χ2n) is 6.43. The van der Waals surface area contributed by atoms with Gasteiger partial charge >= 0.3 is 0 Å². The number of nitrogens with one attached hydrogen (secondary N) is 2. The molecule has 0 aromatic carbocycles. The fourth-order valence-corrected chi connectivity index (χ4v) is 4.40. The minimum Gasteiger partial charge on any atom is -0.315 e. The van der Waals surface area contributed by atoms with Crippen LogP contribution in [0.3, 0.4) is 0 Å². The molecule has 2 aliphatic carbocycles. The minimum atomic E-state index is 0.693. The molecule has 0 radical (unpaired) electrons. The lowest BCUT2D eigenvalue weighted by atomic mass is 9.74. The van der Waals surface area contributed by atoms with Crippen molar-refractivity contribution < 1.29 is 0 Å². The first-order valence-corrected chi connectivity index (χ1v) is 8.21. The van der Waals surface area contributed by atoms with E-state index < -0.39 is 0 Å². The van der Waals surface area contributed by atoms with E-state index in [0.29, 0.717) is 12.1 Å². The van der Waals surface area contributed by atoms with Gasteiger partial charge in [-0.2, -0.15) is 0 Å². The fraction of sp³-hybridized carbons (Fsp3) is 1.00. The van der Waals surface area contributed by atoms with Crippen LogP contribution in [0.25, 0.3) is 0 Å². The molecule has 0 aromatic rings. The first-order chi connectivity index (χ1) is 8.86. The third-order valence-corrected chi connectivity index (χ3v) is 5.37. The number of hydrogen-bond donors (Lipinski definition) is 2. The van der Waals surface area contributed by atoms with Crippen molar-refractivity contribution in [3.8, 4) is 0 Å². The lowest BCUT2D eigenvalue weighted by Gasteiger charge is -2.40. The molecule has 0 amide bonds. The second-order valence-corrected chi connectivity index (χ2v) is 6.43. The summed E-state index contributed by atoms with van der Waals surface area (Å²) in [5, 5.41) is 7.32. The Morgan fingerprint density at radius 3 is 1.22 bits per heavy atom.